The van der Waals surface area contributed by atoms with Gasteiger partial charge in [0, 0.05) is 30.9 Å². The van der Waals surface area contributed by atoms with Crippen molar-refractivity contribution >= 4 is 11.6 Å². The smallest absolute Gasteiger partial charge is 0.241 e. The molecule has 2 aromatic carbocycles. The van der Waals surface area contributed by atoms with Crippen molar-refractivity contribution in [2.45, 2.75) is 25.3 Å². The SMILES string of the molecule is COc1ccc(NC(=O)C(N)C2CCOCC2)cc1Cc1ccccc1. The molecule has 1 amide bonds. The van der Waals surface area contributed by atoms with E-state index in [-0.39, 0.29) is 11.8 Å². The summed E-state index contributed by atoms with van der Waals surface area (Å²) in [5.41, 5.74) is 9.12. The number of rotatable bonds is 6. The first kappa shape index (κ1) is 18.4. The predicted octanol–water partition coefficient (Wildman–Crippen LogP) is 2.98. The number of carbonyl (C=O) groups is 1. The van der Waals surface area contributed by atoms with E-state index in [4.69, 9.17) is 15.2 Å². The molecule has 1 aliphatic rings. The van der Waals surface area contributed by atoms with Crippen LogP contribution < -0.4 is 15.8 Å². The third kappa shape index (κ3) is 4.62. The van der Waals surface area contributed by atoms with Gasteiger partial charge in [-0.2, -0.15) is 0 Å². The van der Waals surface area contributed by atoms with Crippen LogP contribution in [0.5, 0.6) is 5.75 Å². The second-order valence-corrected chi connectivity index (χ2v) is 6.65. The van der Waals surface area contributed by atoms with Crippen molar-refractivity contribution in [1.82, 2.24) is 0 Å². The van der Waals surface area contributed by atoms with Gasteiger partial charge in [0.1, 0.15) is 5.75 Å². The average Bonchev–Trinajstić information content (AvgIpc) is 2.69. The Morgan fingerprint density at radius 2 is 1.96 bits per heavy atom. The summed E-state index contributed by atoms with van der Waals surface area (Å²) in [5.74, 6) is 0.832. The zero-order chi connectivity index (χ0) is 18.4. The van der Waals surface area contributed by atoms with Gasteiger partial charge < -0.3 is 20.5 Å². The molecule has 0 aliphatic carbocycles. The fourth-order valence-electron chi connectivity index (χ4n) is 3.32. The number of anilines is 1. The summed E-state index contributed by atoms with van der Waals surface area (Å²) < 4.78 is 10.8. The molecule has 0 spiro atoms. The van der Waals surface area contributed by atoms with E-state index in [2.05, 4.69) is 17.4 Å². The summed E-state index contributed by atoms with van der Waals surface area (Å²) >= 11 is 0. The van der Waals surface area contributed by atoms with E-state index in [1.54, 1.807) is 7.11 Å². The van der Waals surface area contributed by atoms with Crippen LogP contribution in [-0.2, 0) is 16.0 Å². The highest BCUT2D eigenvalue weighted by molar-refractivity contribution is 5.95. The summed E-state index contributed by atoms with van der Waals surface area (Å²) in [5, 5.41) is 2.96. The minimum absolute atomic E-state index is 0.146. The number of methoxy groups -OCH3 is 1. The lowest BCUT2D eigenvalue weighted by atomic mass is 9.92. The number of hydrogen-bond acceptors (Lipinski definition) is 4. The molecule has 5 nitrogen and oxygen atoms in total. The van der Waals surface area contributed by atoms with Crippen LogP contribution in [0.3, 0.4) is 0 Å². The quantitative estimate of drug-likeness (QED) is 0.836. The van der Waals surface area contributed by atoms with Gasteiger partial charge in [-0.25, -0.2) is 0 Å². The Labute approximate surface area is 154 Å². The number of amides is 1. The molecule has 0 bridgehead atoms. The van der Waals surface area contributed by atoms with Crippen LogP contribution in [0.4, 0.5) is 5.69 Å². The predicted molar refractivity (Wildman–Crippen MR) is 102 cm³/mol. The van der Waals surface area contributed by atoms with Crippen LogP contribution in [0.15, 0.2) is 48.5 Å². The number of ether oxygens (including phenoxy) is 2. The standard InChI is InChI=1S/C21H26N2O3/c1-25-19-8-7-18(14-17(19)13-15-5-3-2-4-6-15)23-21(24)20(22)16-9-11-26-12-10-16/h2-8,14,16,20H,9-13,22H2,1H3,(H,23,24). The fraction of sp³-hybridized carbons (Fsp3) is 0.381. The van der Waals surface area contributed by atoms with Crippen molar-refractivity contribution in [3.8, 4) is 5.75 Å². The van der Waals surface area contributed by atoms with Crippen molar-refractivity contribution in [1.29, 1.82) is 0 Å². The third-order valence-corrected chi connectivity index (χ3v) is 4.86. The highest BCUT2D eigenvalue weighted by atomic mass is 16.5. The maximum atomic E-state index is 12.5. The average molecular weight is 354 g/mol. The van der Waals surface area contributed by atoms with E-state index in [0.717, 1.165) is 36.3 Å². The van der Waals surface area contributed by atoms with Crippen LogP contribution >= 0.6 is 0 Å². The second kappa shape index (κ2) is 8.83. The largest absolute Gasteiger partial charge is 0.496 e. The lowest BCUT2D eigenvalue weighted by Crippen LogP contribution is -2.44. The Morgan fingerprint density at radius 1 is 1.23 bits per heavy atom. The van der Waals surface area contributed by atoms with Crippen LogP contribution in [0, 0.1) is 5.92 Å². The summed E-state index contributed by atoms with van der Waals surface area (Å²) in [6.45, 7) is 1.35. The maximum absolute atomic E-state index is 12.5. The van der Waals surface area contributed by atoms with Crippen molar-refractivity contribution in [3.63, 3.8) is 0 Å². The van der Waals surface area contributed by atoms with Gasteiger partial charge in [0.2, 0.25) is 5.91 Å². The minimum Gasteiger partial charge on any atom is -0.496 e. The number of carbonyl (C=O) groups excluding carboxylic acids is 1. The Kier molecular flexibility index (Phi) is 6.26. The van der Waals surface area contributed by atoms with Crippen molar-refractivity contribution in [2.75, 3.05) is 25.6 Å². The second-order valence-electron chi connectivity index (χ2n) is 6.65. The molecule has 0 aromatic heterocycles. The van der Waals surface area contributed by atoms with E-state index >= 15 is 0 Å². The fourth-order valence-corrected chi connectivity index (χ4v) is 3.32. The molecule has 1 aliphatic heterocycles. The van der Waals surface area contributed by atoms with Crippen LogP contribution in [0.2, 0.25) is 0 Å². The van der Waals surface area contributed by atoms with Gasteiger partial charge in [-0.15, -0.1) is 0 Å². The van der Waals surface area contributed by atoms with Crippen LogP contribution in [-0.4, -0.2) is 32.3 Å². The Balaban J connectivity index is 1.71. The number of benzene rings is 2. The van der Waals surface area contributed by atoms with E-state index < -0.39 is 6.04 Å². The molecule has 0 radical (unpaired) electrons. The normalized spacial score (nSPS) is 16.1. The topological polar surface area (TPSA) is 73.6 Å². The van der Waals surface area contributed by atoms with Crippen molar-refractivity contribution in [3.05, 3.63) is 59.7 Å². The van der Waals surface area contributed by atoms with E-state index in [9.17, 15) is 4.79 Å². The number of nitrogens with two attached hydrogens (primary N) is 1. The van der Waals surface area contributed by atoms with Crippen molar-refractivity contribution in [2.24, 2.45) is 11.7 Å². The van der Waals surface area contributed by atoms with Gasteiger partial charge in [0.05, 0.1) is 13.2 Å². The molecular weight excluding hydrogens is 328 g/mol. The molecule has 26 heavy (non-hydrogen) atoms. The first-order valence-corrected chi connectivity index (χ1v) is 9.02. The monoisotopic (exact) mass is 354 g/mol. The zero-order valence-electron chi connectivity index (χ0n) is 15.1. The summed E-state index contributed by atoms with van der Waals surface area (Å²) in [6, 6.07) is 15.3. The summed E-state index contributed by atoms with van der Waals surface area (Å²) in [4.78, 5) is 12.5. The highest BCUT2D eigenvalue weighted by Crippen LogP contribution is 2.26. The zero-order valence-corrected chi connectivity index (χ0v) is 15.1. The third-order valence-electron chi connectivity index (χ3n) is 4.86. The first-order chi connectivity index (χ1) is 12.7. The Bertz CT molecular complexity index is 727. The van der Waals surface area contributed by atoms with Gasteiger partial charge in [0.25, 0.3) is 0 Å². The molecule has 3 rings (SSSR count). The Hall–Kier alpha value is -2.37. The van der Waals surface area contributed by atoms with Gasteiger partial charge in [-0.1, -0.05) is 30.3 Å². The summed E-state index contributed by atoms with van der Waals surface area (Å²) in [7, 11) is 1.66. The molecule has 1 atom stereocenters. The first-order valence-electron chi connectivity index (χ1n) is 9.02. The van der Waals surface area contributed by atoms with E-state index in [0.29, 0.717) is 13.2 Å². The van der Waals surface area contributed by atoms with E-state index in [1.165, 1.54) is 5.56 Å². The highest BCUT2D eigenvalue weighted by Gasteiger charge is 2.26. The van der Waals surface area contributed by atoms with Crippen LogP contribution in [0.25, 0.3) is 0 Å². The van der Waals surface area contributed by atoms with Gasteiger partial charge in [-0.05, 0) is 42.5 Å². The number of nitrogens with one attached hydrogen (secondary N) is 1. The van der Waals surface area contributed by atoms with E-state index in [1.807, 2.05) is 36.4 Å². The molecule has 2 aromatic rings. The van der Waals surface area contributed by atoms with Gasteiger partial charge in [0.15, 0.2) is 0 Å². The van der Waals surface area contributed by atoms with Crippen LogP contribution in [0.1, 0.15) is 24.0 Å². The van der Waals surface area contributed by atoms with Gasteiger partial charge in [-0.3, -0.25) is 4.79 Å². The molecule has 0 saturated carbocycles. The Morgan fingerprint density at radius 3 is 2.65 bits per heavy atom. The molecule has 1 heterocycles. The minimum atomic E-state index is -0.515. The molecule has 1 fully saturated rings. The molecule has 3 N–H and O–H groups in total. The molecule has 1 saturated heterocycles. The molecule has 5 heteroatoms. The molecule has 1 unspecified atom stereocenters. The lowest BCUT2D eigenvalue weighted by molar-refractivity contribution is -0.119. The molecular formula is C21H26N2O3. The molecule has 138 valence electrons. The van der Waals surface area contributed by atoms with Gasteiger partial charge >= 0.3 is 0 Å². The lowest BCUT2D eigenvalue weighted by Gasteiger charge is -2.26. The summed E-state index contributed by atoms with van der Waals surface area (Å²) in [6.07, 6.45) is 2.40. The van der Waals surface area contributed by atoms with Crippen molar-refractivity contribution < 1.29 is 14.3 Å². The maximum Gasteiger partial charge on any atom is 0.241 e. The number of hydrogen-bond donors (Lipinski definition) is 2.